The van der Waals surface area contributed by atoms with Gasteiger partial charge in [-0.1, -0.05) is 0 Å². The number of nitrogens with one attached hydrogen (secondary N) is 1. The summed E-state index contributed by atoms with van der Waals surface area (Å²) >= 11 is 0. The predicted molar refractivity (Wildman–Crippen MR) is 124 cm³/mol. The maximum Gasteiger partial charge on any atom is 0.262 e. The van der Waals surface area contributed by atoms with E-state index in [1.54, 1.807) is 48.2 Å². The molecule has 0 unspecified atom stereocenters. The molecule has 180 valence electrons. The highest BCUT2D eigenvalue weighted by atomic mass is 16.5. The Morgan fingerprint density at radius 1 is 1.06 bits per heavy atom. The van der Waals surface area contributed by atoms with Gasteiger partial charge in [-0.3, -0.25) is 14.4 Å². The van der Waals surface area contributed by atoms with Crippen molar-refractivity contribution < 1.29 is 33.3 Å². The zero-order valence-corrected chi connectivity index (χ0v) is 19.5. The third-order valence-corrected chi connectivity index (χ3v) is 6.22. The van der Waals surface area contributed by atoms with Crippen molar-refractivity contribution in [3.05, 3.63) is 42.0 Å². The van der Waals surface area contributed by atoms with Crippen molar-refractivity contribution >= 4 is 23.3 Å². The minimum atomic E-state index is -0.612. The third-order valence-electron chi connectivity index (χ3n) is 6.22. The lowest BCUT2D eigenvalue weighted by molar-refractivity contribution is -0.132. The maximum absolute atomic E-state index is 12.8. The van der Waals surface area contributed by atoms with Gasteiger partial charge < -0.3 is 29.2 Å². The molecule has 4 rings (SSSR count). The van der Waals surface area contributed by atoms with Gasteiger partial charge >= 0.3 is 0 Å². The van der Waals surface area contributed by atoms with Crippen LogP contribution in [0.2, 0.25) is 0 Å². The van der Waals surface area contributed by atoms with E-state index in [0.29, 0.717) is 66.6 Å². The van der Waals surface area contributed by atoms with Crippen LogP contribution in [-0.4, -0.2) is 62.0 Å². The number of methoxy groups -OCH3 is 2. The lowest BCUT2D eigenvalue weighted by atomic mass is 9.82. The zero-order valence-electron chi connectivity index (χ0n) is 19.5. The predicted octanol–water partition coefficient (Wildman–Crippen LogP) is 3.07. The van der Waals surface area contributed by atoms with E-state index in [4.69, 9.17) is 18.9 Å². The van der Waals surface area contributed by atoms with Gasteiger partial charge in [0.2, 0.25) is 5.91 Å². The van der Waals surface area contributed by atoms with Crippen molar-refractivity contribution in [2.24, 2.45) is 0 Å². The van der Waals surface area contributed by atoms with Gasteiger partial charge in [0.05, 0.1) is 26.2 Å². The molecule has 0 saturated carbocycles. The van der Waals surface area contributed by atoms with Crippen LogP contribution in [0.3, 0.4) is 0 Å². The molecule has 2 amide bonds. The van der Waals surface area contributed by atoms with E-state index in [1.165, 1.54) is 14.2 Å². The first-order valence-corrected chi connectivity index (χ1v) is 11.1. The number of ether oxygens (including phenoxy) is 4. The van der Waals surface area contributed by atoms with Crippen molar-refractivity contribution in [1.82, 2.24) is 4.90 Å². The molecule has 1 spiro atoms. The first kappa shape index (κ1) is 23.4. The number of carbonyl (C=O) groups excluding carboxylic acids is 3. The number of amides is 2. The molecule has 9 nitrogen and oxygen atoms in total. The molecule has 9 heteroatoms. The quantitative estimate of drug-likeness (QED) is 0.695. The lowest BCUT2D eigenvalue weighted by Gasteiger charge is -2.43. The molecule has 2 aromatic rings. The van der Waals surface area contributed by atoms with Gasteiger partial charge in [0.15, 0.2) is 23.9 Å². The van der Waals surface area contributed by atoms with Gasteiger partial charge in [-0.25, -0.2) is 0 Å². The Morgan fingerprint density at radius 3 is 2.47 bits per heavy atom. The summed E-state index contributed by atoms with van der Waals surface area (Å²) in [5.41, 5.74) is 0.436. The second-order valence-corrected chi connectivity index (χ2v) is 8.46. The summed E-state index contributed by atoms with van der Waals surface area (Å²) in [6.07, 6.45) is 1.48. The molecule has 2 aliphatic heterocycles. The first-order chi connectivity index (χ1) is 16.3. The molecule has 34 heavy (non-hydrogen) atoms. The number of carbonyl (C=O) groups is 3. The van der Waals surface area contributed by atoms with E-state index in [-0.39, 0.29) is 24.2 Å². The van der Waals surface area contributed by atoms with Crippen molar-refractivity contribution in [1.29, 1.82) is 0 Å². The standard InChI is InChI=1S/C25H28N2O7/c1-16(28)27-10-8-25(9-11-27)14-20(29)19-6-5-18(13-22(19)34-25)33-15-24(30)26-17-4-7-21(31-2)23(12-17)32-3/h4-7,12-13H,8-11,14-15H2,1-3H3,(H,26,30). The van der Waals surface area contributed by atoms with Gasteiger partial charge in [-0.05, 0) is 24.3 Å². The van der Waals surface area contributed by atoms with Crippen LogP contribution in [0.15, 0.2) is 36.4 Å². The number of ketones is 1. The highest BCUT2D eigenvalue weighted by molar-refractivity contribution is 6.00. The first-order valence-electron chi connectivity index (χ1n) is 11.1. The number of Topliss-reactive ketones (excluding diaryl/α,β-unsaturated/α-hetero) is 1. The summed E-state index contributed by atoms with van der Waals surface area (Å²) in [4.78, 5) is 38.6. The molecule has 0 radical (unpaired) electrons. The Kier molecular flexibility index (Phi) is 6.63. The number of hydrogen-bond donors (Lipinski definition) is 1. The molecule has 2 heterocycles. The highest BCUT2D eigenvalue weighted by Gasteiger charge is 2.43. The zero-order chi connectivity index (χ0) is 24.3. The number of likely N-dealkylation sites (tertiary alicyclic amines) is 1. The van der Waals surface area contributed by atoms with Gasteiger partial charge in [0, 0.05) is 50.7 Å². The lowest BCUT2D eigenvalue weighted by Crippen LogP contribution is -2.51. The summed E-state index contributed by atoms with van der Waals surface area (Å²) in [7, 11) is 3.06. The average molecular weight is 469 g/mol. The summed E-state index contributed by atoms with van der Waals surface area (Å²) < 4.78 is 22.4. The molecule has 1 saturated heterocycles. The largest absolute Gasteiger partial charge is 0.493 e. The van der Waals surface area contributed by atoms with Gasteiger partial charge in [-0.15, -0.1) is 0 Å². The molecule has 1 N–H and O–H groups in total. The fourth-order valence-corrected chi connectivity index (χ4v) is 4.33. The smallest absolute Gasteiger partial charge is 0.262 e. The molecular weight excluding hydrogens is 440 g/mol. The fourth-order valence-electron chi connectivity index (χ4n) is 4.33. The Balaban J connectivity index is 1.39. The van der Waals surface area contributed by atoms with E-state index in [2.05, 4.69) is 5.32 Å². The second-order valence-electron chi connectivity index (χ2n) is 8.46. The van der Waals surface area contributed by atoms with Crippen molar-refractivity contribution in [3.63, 3.8) is 0 Å². The Morgan fingerprint density at radius 2 is 1.79 bits per heavy atom. The molecule has 2 aliphatic rings. The van der Waals surface area contributed by atoms with E-state index in [0.717, 1.165) is 0 Å². The van der Waals surface area contributed by atoms with Crippen LogP contribution in [0.4, 0.5) is 5.69 Å². The normalized spacial score (nSPS) is 16.3. The average Bonchev–Trinajstić information content (AvgIpc) is 2.82. The molecule has 1 fully saturated rings. The minimum Gasteiger partial charge on any atom is -0.493 e. The Labute approximate surface area is 197 Å². The van der Waals surface area contributed by atoms with Crippen LogP contribution in [0, 0.1) is 0 Å². The number of nitrogens with zero attached hydrogens (tertiary/aromatic N) is 1. The van der Waals surface area contributed by atoms with Crippen molar-refractivity contribution in [2.45, 2.75) is 31.8 Å². The SMILES string of the molecule is COc1ccc(NC(=O)COc2ccc3c(c2)OC2(CCN(C(C)=O)CC2)CC3=O)cc1OC. The molecule has 0 aromatic heterocycles. The Bertz CT molecular complexity index is 1110. The van der Waals surface area contributed by atoms with Gasteiger partial charge in [0.1, 0.15) is 17.1 Å². The number of fused-ring (bicyclic) bond motifs is 1. The van der Waals surface area contributed by atoms with Crippen LogP contribution in [-0.2, 0) is 9.59 Å². The van der Waals surface area contributed by atoms with Crippen LogP contribution in [0.5, 0.6) is 23.0 Å². The maximum atomic E-state index is 12.8. The summed E-state index contributed by atoms with van der Waals surface area (Å²) in [5, 5.41) is 2.75. The van der Waals surface area contributed by atoms with Crippen molar-refractivity contribution in [2.75, 3.05) is 39.2 Å². The monoisotopic (exact) mass is 468 g/mol. The van der Waals surface area contributed by atoms with Crippen LogP contribution >= 0.6 is 0 Å². The number of piperidine rings is 1. The number of anilines is 1. The number of benzene rings is 2. The number of rotatable bonds is 6. The molecule has 2 aromatic carbocycles. The van der Waals surface area contributed by atoms with E-state index in [9.17, 15) is 14.4 Å². The van der Waals surface area contributed by atoms with Crippen molar-refractivity contribution in [3.8, 4) is 23.0 Å². The molecular formula is C25H28N2O7. The minimum absolute atomic E-state index is 0.00951. The van der Waals surface area contributed by atoms with Gasteiger partial charge in [0.25, 0.3) is 5.91 Å². The van der Waals surface area contributed by atoms with E-state index < -0.39 is 5.60 Å². The summed E-state index contributed by atoms with van der Waals surface area (Å²) in [6.45, 7) is 2.44. The van der Waals surface area contributed by atoms with E-state index >= 15 is 0 Å². The van der Waals surface area contributed by atoms with E-state index in [1.807, 2.05) is 0 Å². The molecule has 0 atom stereocenters. The third kappa shape index (κ3) is 4.93. The topological polar surface area (TPSA) is 103 Å². The number of hydrogen-bond acceptors (Lipinski definition) is 7. The van der Waals surface area contributed by atoms with Crippen LogP contribution in [0.1, 0.15) is 36.5 Å². The van der Waals surface area contributed by atoms with Crippen LogP contribution in [0.25, 0.3) is 0 Å². The Hall–Kier alpha value is -3.75. The fraction of sp³-hybridized carbons (Fsp3) is 0.400. The molecule has 0 aliphatic carbocycles. The summed E-state index contributed by atoms with van der Waals surface area (Å²) in [6, 6.07) is 10.0. The summed E-state index contributed by atoms with van der Waals surface area (Å²) in [5.74, 6) is 1.62. The highest BCUT2D eigenvalue weighted by Crippen LogP contribution is 2.40. The van der Waals surface area contributed by atoms with Crippen LogP contribution < -0.4 is 24.3 Å². The van der Waals surface area contributed by atoms with Gasteiger partial charge in [-0.2, -0.15) is 0 Å². The molecule has 0 bridgehead atoms. The second kappa shape index (κ2) is 9.62.